The van der Waals surface area contributed by atoms with Gasteiger partial charge in [0.15, 0.2) is 0 Å². The summed E-state index contributed by atoms with van der Waals surface area (Å²) in [4.78, 5) is 27.5. The molecule has 0 bridgehead atoms. The standard InChI is InChI=1S/C19H22N4O2/c24-17(23-12-3-8-19(23)7-2-9-20-18(19)25)16-6-1-5-15(13-16)14-22-11-4-10-21-22/h1,4-6,10-11,13H,2-3,7-9,12,14H2,(H,20,25). The summed E-state index contributed by atoms with van der Waals surface area (Å²) in [5.41, 5.74) is 1.02. The second kappa shape index (κ2) is 6.35. The molecule has 0 radical (unpaired) electrons. The zero-order valence-electron chi connectivity index (χ0n) is 14.1. The van der Waals surface area contributed by atoms with Crippen molar-refractivity contribution in [1.82, 2.24) is 20.0 Å². The number of carbonyl (C=O) groups excluding carboxylic acids is 2. The molecule has 2 fully saturated rings. The molecule has 6 heteroatoms. The highest BCUT2D eigenvalue weighted by atomic mass is 16.2. The van der Waals surface area contributed by atoms with E-state index in [1.807, 2.05) is 41.2 Å². The summed E-state index contributed by atoms with van der Waals surface area (Å²) < 4.78 is 1.83. The van der Waals surface area contributed by atoms with Crippen molar-refractivity contribution in [3.05, 3.63) is 53.9 Å². The molecule has 1 spiro atoms. The van der Waals surface area contributed by atoms with Crippen LogP contribution in [-0.2, 0) is 11.3 Å². The van der Waals surface area contributed by atoms with Crippen LogP contribution in [0.2, 0.25) is 0 Å². The number of piperidine rings is 1. The molecule has 3 heterocycles. The van der Waals surface area contributed by atoms with E-state index in [4.69, 9.17) is 0 Å². The maximum Gasteiger partial charge on any atom is 0.254 e. The number of nitrogens with one attached hydrogen (secondary N) is 1. The van der Waals surface area contributed by atoms with E-state index in [1.54, 1.807) is 11.1 Å². The number of amides is 2. The normalized spacial score (nSPS) is 23.0. The van der Waals surface area contributed by atoms with Gasteiger partial charge in [0.25, 0.3) is 5.91 Å². The lowest BCUT2D eigenvalue weighted by molar-refractivity contribution is -0.133. The Labute approximate surface area is 146 Å². The van der Waals surface area contributed by atoms with Crippen molar-refractivity contribution in [2.45, 2.75) is 37.8 Å². The van der Waals surface area contributed by atoms with Crippen molar-refractivity contribution in [3.63, 3.8) is 0 Å². The average Bonchev–Trinajstić information content (AvgIpc) is 3.28. The van der Waals surface area contributed by atoms with Gasteiger partial charge in [0, 0.05) is 31.0 Å². The second-order valence-corrected chi connectivity index (χ2v) is 6.86. The number of aromatic nitrogens is 2. The van der Waals surface area contributed by atoms with Crippen LogP contribution in [0.3, 0.4) is 0 Å². The second-order valence-electron chi connectivity index (χ2n) is 6.86. The molecule has 2 aliphatic heterocycles. The molecule has 1 N–H and O–H groups in total. The smallest absolute Gasteiger partial charge is 0.254 e. The molecule has 2 amide bonds. The third kappa shape index (κ3) is 2.81. The van der Waals surface area contributed by atoms with E-state index in [0.29, 0.717) is 25.2 Å². The summed E-state index contributed by atoms with van der Waals surface area (Å²) in [5, 5.41) is 7.16. The highest BCUT2D eigenvalue weighted by Gasteiger charge is 2.50. The van der Waals surface area contributed by atoms with Crippen molar-refractivity contribution in [1.29, 1.82) is 0 Å². The number of benzene rings is 1. The number of nitrogens with zero attached hydrogens (tertiary/aromatic N) is 3. The minimum absolute atomic E-state index is 0.0114. The average molecular weight is 338 g/mol. The first-order valence-electron chi connectivity index (χ1n) is 8.86. The van der Waals surface area contributed by atoms with Crippen molar-refractivity contribution in [3.8, 4) is 0 Å². The van der Waals surface area contributed by atoms with E-state index < -0.39 is 5.54 Å². The summed E-state index contributed by atoms with van der Waals surface area (Å²) >= 11 is 0. The van der Waals surface area contributed by atoms with E-state index in [9.17, 15) is 9.59 Å². The minimum atomic E-state index is -0.646. The highest BCUT2D eigenvalue weighted by Crippen LogP contribution is 2.36. The van der Waals surface area contributed by atoms with Gasteiger partial charge in [0.2, 0.25) is 5.91 Å². The SMILES string of the molecule is O=C(c1cccc(Cn2cccn2)c1)N1CCCC12CCCNC2=O. The Balaban J connectivity index is 1.59. The van der Waals surface area contributed by atoms with Crippen LogP contribution in [0.5, 0.6) is 0 Å². The molecule has 0 saturated carbocycles. The van der Waals surface area contributed by atoms with E-state index in [0.717, 1.165) is 31.2 Å². The highest BCUT2D eigenvalue weighted by molar-refractivity contribution is 6.00. The Morgan fingerprint density at radius 1 is 1.24 bits per heavy atom. The van der Waals surface area contributed by atoms with E-state index in [-0.39, 0.29) is 11.8 Å². The van der Waals surface area contributed by atoms with Crippen LogP contribution >= 0.6 is 0 Å². The molecule has 4 rings (SSSR count). The molecule has 1 aromatic heterocycles. The third-order valence-electron chi connectivity index (χ3n) is 5.29. The summed E-state index contributed by atoms with van der Waals surface area (Å²) in [6.07, 6.45) is 6.97. The fraction of sp³-hybridized carbons (Fsp3) is 0.421. The van der Waals surface area contributed by atoms with Gasteiger partial charge in [-0.25, -0.2) is 0 Å². The molecule has 25 heavy (non-hydrogen) atoms. The summed E-state index contributed by atoms with van der Waals surface area (Å²) in [6, 6.07) is 9.52. The Bertz CT molecular complexity index is 786. The molecular formula is C19H22N4O2. The lowest BCUT2D eigenvalue weighted by atomic mass is 9.86. The molecule has 1 unspecified atom stereocenters. The first-order chi connectivity index (χ1) is 12.2. The number of hydrogen-bond donors (Lipinski definition) is 1. The van der Waals surface area contributed by atoms with Crippen LogP contribution in [0, 0.1) is 0 Å². The monoisotopic (exact) mass is 338 g/mol. The van der Waals surface area contributed by atoms with Gasteiger partial charge >= 0.3 is 0 Å². The molecule has 130 valence electrons. The Hall–Kier alpha value is -2.63. The van der Waals surface area contributed by atoms with Gasteiger partial charge in [-0.3, -0.25) is 14.3 Å². The number of likely N-dealkylation sites (tertiary alicyclic amines) is 1. The van der Waals surface area contributed by atoms with Crippen LogP contribution in [0.25, 0.3) is 0 Å². The molecule has 1 aromatic carbocycles. The predicted octanol–water partition coefficient (Wildman–Crippen LogP) is 1.82. The Morgan fingerprint density at radius 2 is 2.12 bits per heavy atom. The topological polar surface area (TPSA) is 67.2 Å². The fourth-order valence-electron chi connectivity index (χ4n) is 4.07. The number of rotatable bonds is 3. The summed E-state index contributed by atoms with van der Waals surface area (Å²) in [5.74, 6) is -0.0332. The van der Waals surface area contributed by atoms with Gasteiger partial charge in [-0.15, -0.1) is 0 Å². The van der Waals surface area contributed by atoms with Crippen LogP contribution < -0.4 is 5.32 Å². The number of hydrogen-bond acceptors (Lipinski definition) is 3. The van der Waals surface area contributed by atoms with Crippen molar-refractivity contribution < 1.29 is 9.59 Å². The fourth-order valence-corrected chi connectivity index (χ4v) is 4.07. The molecule has 1 atom stereocenters. The van der Waals surface area contributed by atoms with Crippen LogP contribution in [0.1, 0.15) is 41.6 Å². The lowest BCUT2D eigenvalue weighted by Gasteiger charge is -2.40. The van der Waals surface area contributed by atoms with Gasteiger partial charge < -0.3 is 10.2 Å². The molecular weight excluding hydrogens is 316 g/mol. The molecule has 2 saturated heterocycles. The quantitative estimate of drug-likeness (QED) is 0.928. The molecule has 2 aliphatic rings. The van der Waals surface area contributed by atoms with Gasteiger partial charge in [-0.1, -0.05) is 12.1 Å². The maximum absolute atomic E-state index is 13.1. The van der Waals surface area contributed by atoms with Crippen LogP contribution in [0.15, 0.2) is 42.7 Å². The van der Waals surface area contributed by atoms with Gasteiger partial charge in [0.05, 0.1) is 6.54 Å². The van der Waals surface area contributed by atoms with Gasteiger partial charge in [-0.05, 0) is 49.4 Å². The Morgan fingerprint density at radius 3 is 2.92 bits per heavy atom. The first kappa shape index (κ1) is 15.9. The molecule has 6 nitrogen and oxygen atoms in total. The van der Waals surface area contributed by atoms with E-state index in [2.05, 4.69) is 10.4 Å². The maximum atomic E-state index is 13.1. The third-order valence-corrected chi connectivity index (χ3v) is 5.29. The van der Waals surface area contributed by atoms with Gasteiger partial charge in [0.1, 0.15) is 5.54 Å². The van der Waals surface area contributed by atoms with Crippen LogP contribution in [-0.4, -0.2) is 45.1 Å². The number of carbonyl (C=O) groups is 2. The largest absolute Gasteiger partial charge is 0.354 e. The van der Waals surface area contributed by atoms with Gasteiger partial charge in [-0.2, -0.15) is 5.10 Å². The molecule has 0 aliphatic carbocycles. The van der Waals surface area contributed by atoms with Crippen LogP contribution in [0.4, 0.5) is 0 Å². The predicted molar refractivity (Wildman–Crippen MR) is 93.0 cm³/mol. The van der Waals surface area contributed by atoms with Crippen molar-refractivity contribution in [2.24, 2.45) is 0 Å². The zero-order chi connectivity index (χ0) is 17.3. The zero-order valence-corrected chi connectivity index (χ0v) is 14.1. The van der Waals surface area contributed by atoms with E-state index >= 15 is 0 Å². The van der Waals surface area contributed by atoms with Crippen molar-refractivity contribution in [2.75, 3.05) is 13.1 Å². The summed E-state index contributed by atoms with van der Waals surface area (Å²) in [6.45, 7) is 1.98. The lowest BCUT2D eigenvalue weighted by Crippen LogP contribution is -2.60. The first-order valence-corrected chi connectivity index (χ1v) is 8.86. The minimum Gasteiger partial charge on any atom is -0.354 e. The van der Waals surface area contributed by atoms with E-state index in [1.165, 1.54) is 0 Å². The summed E-state index contributed by atoms with van der Waals surface area (Å²) in [7, 11) is 0. The Kier molecular flexibility index (Phi) is 4.03. The van der Waals surface area contributed by atoms with Crippen molar-refractivity contribution >= 4 is 11.8 Å². The molecule has 2 aromatic rings.